The number of methoxy groups -OCH3 is 1. The van der Waals surface area contributed by atoms with Gasteiger partial charge in [0.05, 0.1) is 7.11 Å². The lowest BCUT2D eigenvalue weighted by Gasteiger charge is -2.12. The third-order valence-corrected chi connectivity index (χ3v) is 2.75. The average Bonchev–Trinajstić information content (AvgIpc) is 2.40. The van der Waals surface area contributed by atoms with Crippen LogP contribution in [0.1, 0.15) is 10.4 Å². The quantitative estimate of drug-likeness (QED) is 0.927. The number of halogens is 2. The molecule has 0 saturated carbocycles. The Morgan fingerprint density at radius 1 is 1.25 bits per heavy atom. The maximum atomic E-state index is 13.5. The molecule has 20 heavy (non-hydrogen) atoms. The Bertz CT molecular complexity index is 640. The van der Waals surface area contributed by atoms with E-state index in [4.69, 9.17) is 26.2 Å². The Morgan fingerprint density at radius 3 is 2.45 bits per heavy atom. The van der Waals surface area contributed by atoms with E-state index in [2.05, 4.69) is 0 Å². The number of carboxylic acid groups (broad SMARTS) is 1. The first-order valence-corrected chi connectivity index (χ1v) is 5.93. The van der Waals surface area contributed by atoms with Crippen LogP contribution in [-0.2, 0) is 0 Å². The Hall–Kier alpha value is -2.27. The number of ether oxygens (including phenoxy) is 2. The molecule has 6 heteroatoms. The fourth-order valence-corrected chi connectivity index (χ4v) is 1.77. The van der Waals surface area contributed by atoms with Crippen LogP contribution in [0.25, 0.3) is 0 Å². The number of carbonyl (C=O) groups is 1. The molecule has 0 aromatic heterocycles. The van der Waals surface area contributed by atoms with Crippen molar-refractivity contribution in [3.8, 4) is 17.2 Å². The van der Waals surface area contributed by atoms with Gasteiger partial charge in [0.25, 0.3) is 0 Å². The van der Waals surface area contributed by atoms with Crippen LogP contribution < -0.4 is 9.47 Å². The number of rotatable bonds is 4. The largest absolute Gasteiger partial charge is 0.492 e. The lowest BCUT2D eigenvalue weighted by Crippen LogP contribution is -2.03. The zero-order chi connectivity index (χ0) is 14.7. The lowest BCUT2D eigenvalue weighted by molar-refractivity contribution is 0.0692. The van der Waals surface area contributed by atoms with Gasteiger partial charge < -0.3 is 14.6 Å². The highest BCUT2D eigenvalue weighted by Gasteiger charge is 2.19. The summed E-state index contributed by atoms with van der Waals surface area (Å²) < 4.78 is 23.9. The average molecular weight is 297 g/mol. The molecule has 4 nitrogen and oxygen atoms in total. The van der Waals surface area contributed by atoms with Crippen molar-refractivity contribution in [2.24, 2.45) is 0 Å². The van der Waals surface area contributed by atoms with E-state index < -0.39 is 11.8 Å². The molecule has 0 saturated heterocycles. The highest BCUT2D eigenvalue weighted by Crippen LogP contribution is 2.35. The van der Waals surface area contributed by atoms with Gasteiger partial charge in [0, 0.05) is 11.1 Å². The van der Waals surface area contributed by atoms with Crippen molar-refractivity contribution in [3.63, 3.8) is 0 Å². The summed E-state index contributed by atoms with van der Waals surface area (Å²) in [4.78, 5) is 11.1. The van der Waals surface area contributed by atoms with Crippen molar-refractivity contribution in [1.29, 1.82) is 0 Å². The Balaban J connectivity index is 2.45. The molecule has 2 rings (SSSR count). The molecule has 0 spiro atoms. The minimum absolute atomic E-state index is 0.0211. The third kappa shape index (κ3) is 3.00. The zero-order valence-electron chi connectivity index (χ0n) is 10.4. The van der Waals surface area contributed by atoms with Crippen molar-refractivity contribution < 1.29 is 23.8 Å². The molecule has 1 N–H and O–H groups in total. The van der Waals surface area contributed by atoms with Crippen LogP contribution in [0.15, 0.2) is 36.4 Å². The predicted molar refractivity (Wildman–Crippen MR) is 71.4 cm³/mol. The van der Waals surface area contributed by atoms with E-state index in [1.165, 1.54) is 7.11 Å². The fourth-order valence-electron chi connectivity index (χ4n) is 1.64. The number of hydrogen-bond donors (Lipinski definition) is 1. The SMILES string of the molecule is COc1c(Oc2ccc(Cl)cc2)cc(F)cc1C(=O)O. The van der Waals surface area contributed by atoms with Crippen LogP contribution in [0.3, 0.4) is 0 Å². The van der Waals surface area contributed by atoms with Crippen LogP contribution >= 0.6 is 11.6 Å². The van der Waals surface area contributed by atoms with Crippen molar-refractivity contribution >= 4 is 17.6 Å². The smallest absolute Gasteiger partial charge is 0.339 e. The topological polar surface area (TPSA) is 55.8 Å². The monoisotopic (exact) mass is 296 g/mol. The molecule has 0 aliphatic carbocycles. The normalized spacial score (nSPS) is 10.2. The van der Waals surface area contributed by atoms with Crippen molar-refractivity contribution in [2.45, 2.75) is 0 Å². The van der Waals surface area contributed by atoms with Gasteiger partial charge in [0.2, 0.25) is 0 Å². The van der Waals surface area contributed by atoms with Gasteiger partial charge in [-0.3, -0.25) is 0 Å². The van der Waals surface area contributed by atoms with Crippen molar-refractivity contribution in [2.75, 3.05) is 7.11 Å². The minimum Gasteiger partial charge on any atom is -0.492 e. The standard InChI is InChI=1S/C14H10ClFO4/c1-19-13-11(14(17)18)6-9(16)7-12(13)20-10-4-2-8(15)3-5-10/h2-7H,1H3,(H,17,18). The van der Waals surface area contributed by atoms with Gasteiger partial charge in [-0.1, -0.05) is 11.6 Å². The van der Waals surface area contributed by atoms with E-state index in [0.29, 0.717) is 10.8 Å². The molecule has 0 fully saturated rings. The predicted octanol–water partition coefficient (Wildman–Crippen LogP) is 3.98. The Kier molecular flexibility index (Phi) is 4.10. The molecular formula is C14H10ClFO4. The second kappa shape index (κ2) is 5.79. The molecule has 2 aromatic carbocycles. The van der Waals surface area contributed by atoms with E-state index in [-0.39, 0.29) is 17.1 Å². The number of aromatic carboxylic acids is 1. The summed E-state index contributed by atoms with van der Waals surface area (Å²) in [7, 11) is 1.29. The van der Waals surface area contributed by atoms with Gasteiger partial charge in [-0.05, 0) is 30.3 Å². The first-order chi connectivity index (χ1) is 9.51. The van der Waals surface area contributed by atoms with Gasteiger partial charge in [-0.15, -0.1) is 0 Å². The summed E-state index contributed by atoms with van der Waals surface area (Å²) in [5.74, 6) is -1.72. The van der Waals surface area contributed by atoms with Crippen LogP contribution in [-0.4, -0.2) is 18.2 Å². The van der Waals surface area contributed by atoms with E-state index >= 15 is 0 Å². The number of hydrogen-bond acceptors (Lipinski definition) is 3. The second-order valence-electron chi connectivity index (χ2n) is 3.85. The number of carboxylic acids is 1. The van der Waals surface area contributed by atoms with Gasteiger partial charge in [-0.2, -0.15) is 0 Å². The van der Waals surface area contributed by atoms with E-state index in [9.17, 15) is 9.18 Å². The summed E-state index contributed by atoms with van der Waals surface area (Å²) >= 11 is 5.75. The molecule has 0 aliphatic heterocycles. The third-order valence-electron chi connectivity index (χ3n) is 2.50. The maximum Gasteiger partial charge on any atom is 0.339 e. The van der Waals surface area contributed by atoms with Gasteiger partial charge in [0.15, 0.2) is 11.5 Å². The fraction of sp³-hybridized carbons (Fsp3) is 0.0714. The second-order valence-corrected chi connectivity index (χ2v) is 4.28. The van der Waals surface area contributed by atoms with Crippen LogP contribution in [0.5, 0.6) is 17.2 Å². The summed E-state index contributed by atoms with van der Waals surface area (Å²) in [6.07, 6.45) is 0. The van der Waals surface area contributed by atoms with Gasteiger partial charge in [0.1, 0.15) is 17.1 Å². The van der Waals surface area contributed by atoms with Gasteiger partial charge >= 0.3 is 5.97 Å². The molecule has 0 unspecified atom stereocenters. The first kappa shape index (κ1) is 14.1. The first-order valence-electron chi connectivity index (χ1n) is 5.55. The molecule has 104 valence electrons. The molecule has 0 atom stereocenters. The van der Waals surface area contributed by atoms with E-state index in [1.54, 1.807) is 24.3 Å². The molecular weight excluding hydrogens is 287 g/mol. The van der Waals surface area contributed by atoms with Crippen molar-refractivity contribution in [3.05, 3.63) is 52.8 Å². The number of benzene rings is 2. The van der Waals surface area contributed by atoms with Crippen LogP contribution in [0, 0.1) is 5.82 Å². The molecule has 0 radical (unpaired) electrons. The van der Waals surface area contributed by atoms with Gasteiger partial charge in [-0.25, -0.2) is 9.18 Å². The molecule has 0 aliphatic rings. The summed E-state index contributed by atoms with van der Waals surface area (Å²) in [5, 5.41) is 9.55. The highest BCUT2D eigenvalue weighted by molar-refractivity contribution is 6.30. The highest BCUT2D eigenvalue weighted by atomic mass is 35.5. The zero-order valence-corrected chi connectivity index (χ0v) is 11.1. The van der Waals surface area contributed by atoms with Crippen LogP contribution in [0.4, 0.5) is 4.39 Å². The van der Waals surface area contributed by atoms with E-state index in [0.717, 1.165) is 12.1 Å². The van der Waals surface area contributed by atoms with Crippen LogP contribution in [0.2, 0.25) is 5.02 Å². The molecule has 2 aromatic rings. The lowest BCUT2D eigenvalue weighted by atomic mass is 10.2. The van der Waals surface area contributed by atoms with Crippen molar-refractivity contribution in [1.82, 2.24) is 0 Å². The molecule has 0 heterocycles. The summed E-state index contributed by atoms with van der Waals surface area (Å²) in [6, 6.07) is 8.28. The van der Waals surface area contributed by atoms with E-state index in [1.807, 2.05) is 0 Å². The minimum atomic E-state index is -1.30. The molecule has 0 amide bonds. The molecule has 0 bridgehead atoms. The Morgan fingerprint density at radius 2 is 1.90 bits per heavy atom. The maximum absolute atomic E-state index is 13.5. The summed E-state index contributed by atoms with van der Waals surface area (Å²) in [6.45, 7) is 0. The Labute approximate surface area is 119 Å². The summed E-state index contributed by atoms with van der Waals surface area (Å²) in [5.41, 5.74) is -0.309.